The number of hydrogen-bond acceptors (Lipinski definition) is 11. The minimum atomic E-state index is -1.15. The number of nitrogens with zero attached hydrogens (tertiary/aromatic N) is 6. The van der Waals surface area contributed by atoms with Gasteiger partial charge in [0, 0.05) is 23.6 Å². The minimum absolute atomic E-state index is 0.171. The van der Waals surface area contributed by atoms with Crippen molar-refractivity contribution in [1.82, 2.24) is 25.0 Å². The van der Waals surface area contributed by atoms with Gasteiger partial charge in [-0.3, -0.25) is 0 Å². The molecule has 14 heteroatoms. The van der Waals surface area contributed by atoms with E-state index in [1.165, 1.54) is 29.3 Å². The molecular formula is C18H16Cl2N6O4S2. The predicted molar refractivity (Wildman–Crippen MR) is 118 cm³/mol. The van der Waals surface area contributed by atoms with Crippen LogP contribution >= 0.6 is 46.3 Å². The Hall–Kier alpha value is -1.82. The molecule has 32 heavy (non-hydrogen) atoms. The summed E-state index contributed by atoms with van der Waals surface area (Å²) in [7, 11) is 1.47. The van der Waals surface area contributed by atoms with E-state index in [9.17, 15) is 15.5 Å². The maximum atomic E-state index is 10.9. The number of pyridine rings is 1. The summed E-state index contributed by atoms with van der Waals surface area (Å²) in [5, 5.41) is 41.3. The van der Waals surface area contributed by atoms with E-state index in [1.54, 1.807) is 17.6 Å². The van der Waals surface area contributed by atoms with Gasteiger partial charge in [-0.1, -0.05) is 40.2 Å². The van der Waals surface area contributed by atoms with Crippen LogP contribution in [0.1, 0.15) is 11.7 Å². The average Bonchev–Trinajstić information content (AvgIpc) is 3.43. The number of methoxy groups -OCH3 is 1. The number of ether oxygens (including phenoxy) is 2. The number of aromatic nitrogens is 5. The molecule has 2 N–H and O–H groups in total. The highest BCUT2D eigenvalue weighted by molar-refractivity contribution is 7.99. The number of nitriles is 1. The van der Waals surface area contributed by atoms with Crippen molar-refractivity contribution in [3.8, 4) is 16.8 Å². The van der Waals surface area contributed by atoms with Gasteiger partial charge in [0.25, 0.3) is 0 Å². The highest BCUT2D eigenvalue weighted by atomic mass is 35.5. The lowest BCUT2D eigenvalue weighted by atomic mass is 9.97. The monoisotopic (exact) mass is 514 g/mol. The zero-order valence-electron chi connectivity index (χ0n) is 16.4. The van der Waals surface area contributed by atoms with Gasteiger partial charge in [0.2, 0.25) is 0 Å². The second-order valence-corrected chi connectivity index (χ2v) is 9.52. The highest BCUT2D eigenvalue weighted by Gasteiger charge is 2.47. The van der Waals surface area contributed by atoms with Crippen LogP contribution in [0, 0.1) is 11.3 Å². The fraction of sp³-hybridized carbons (Fsp3) is 0.389. The molecule has 1 fully saturated rings. The van der Waals surface area contributed by atoms with Crippen LogP contribution in [0.5, 0.6) is 0 Å². The first-order chi connectivity index (χ1) is 15.4. The van der Waals surface area contributed by atoms with Crippen LogP contribution < -0.4 is 0 Å². The molecule has 0 bridgehead atoms. The van der Waals surface area contributed by atoms with E-state index in [1.807, 2.05) is 6.07 Å². The molecule has 0 saturated carbocycles. The molecule has 1 saturated heterocycles. The van der Waals surface area contributed by atoms with Crippen LogP contribution in [0.15, 0.2) is 28.7 Å². The lowest BCUT2D eigenvalue weighted by Gasteiger charge is -2.43. The van der Waals surface area contributed by atoms with Crippen LogP contribution in [-0.2, 0) is 9.47 Å². The lowest BCUT2D eigenvalue weighted by Crippen LogP contribution is -2.55. The third-order valence-electron chi connectivity index (χ3n) is 4.78. The molecule has 10 nitrogen and oxygen atoms in total. The van der Waals surface area contributed by atoms with Crippen molar-refractivity contribution < 1.29 is 19.7 Å². The first kappa shape index (κ1) is 23.3. The molecule has 3 aromatic heterocycles. The van der Waals surface area contributed by atoms with Crippen molar-refractivity contribution in [2.24, 2.45) is 0 Å². The summed E-state index contributed by atoms with van der Waals surface area (Å²) in [4.78, 5) is 8.69. The maximum absolute atomic E-state index is 10.9. The van der Waals surface area contributed by atoms with Gasteiger partial charge < -0.3 is 19.7 Å². The van der Waals surface area contributed by atoms with E-state index in [-0.39, 0.29) is 5.69 Å². The topological polar surface area (TPSA) is 139 Å². The van der Waals surface area contributed by atoms with Crippen molar-refractivity contribution >= 4 is 46.3 Å². The molecule has 0 aromatic carbocycles. The quantitative estimate of drug-likeness (QED) is 0.503. The third kappa shape index (κ3) is 4.61. The Kier molecular flexibility index (Phi) is 7.28. The summed E-state index contributed by atoms with van der Waals surface area (Å²) in [6.45, 7) is -0.437. The van der Waals surface area contributed by atoms with E-state index in [0.717, 1.165) is 11.8 Å². The number of thioether (sulfide) groups is 1. The highest BCUT2D eigenvalue weighted by Crippen LogP contribution is 2.40. The maximum Gasteiger partial charge on any atom is 0.154 e. The Morgan fingerprint density at radius 2 is 2.25 bits per heavy atom. The van der Waals surface area contributed by atoms with Crippen molar-refractivity contribution in [2.45, 2.75) is 34.7 Å². The first-order valence-corrected chi connectivity index (χ1v) is 11.7. The van der Waals surface area contributed by atoms with Gasteiger partial charge in [0.1, 0.15) is 51.7 Å². The van der Waals surface area contributed by atoms with Crippen LogP contribution in [0.3, 0.4) is 0 Å². The molecule has 0 amide bonds. The number of aliphatic hydroxyl groups excluding tert-OH is 2. The van der Waals surface area contributed by atoms with Gasteiger partial charge in [-0.25, -0.2) is 14.6 Å². The Morgan fingerprint density at radius 3 is 2.91 bits per heavy atom. The van der Waals surface area contributed by atoms with Crippen molar-refractivity contribution in [2.75, 3.05) is 13.7 Å². The number of rotatable bonds is 6. The Labute approximate surface area is 200 Å². The standard InChI is InChI=1S/C18H16Cl2N6O4S2/c1-29-16-14(26-5-10(24-25-26)17-23-13(20)7-31-17)15(28)11(6-27)30-18(16)32-12-2-8(19)4-22-9(12)3-21/h2,4-5,7,11,14-16,18,27-28H,6H2,1H3/t11?,14?,15-,16?,18+/m0/s1. The van der Waals surface area contributed by atoms with E-state index in [0.29, 0.717) is 25.8 Å². The van der Waals surface area contributed by atoms with Crippen molar-refractivity contribution in [3.63, 3.8) is 0 Å². The Bertz CT molecular complexity index is 1140. The summed E-state index contributed by atoms with van der Waals surface area (Å²) < 4.78 is 13.1. The molecule has 0 spiro atoms. The summed E-state index contributed by atoms with van der Waals surface area (Å²) in [6, 6.07) is 2.86. The molecular weight excluding hydrogens is 499 g/mol. The van der Waals surface area contributed by atoms with Gasteiger partial charge in [-0.2, -0.15) is 5.26 Å². The fourth-order valence-electron chi connectivity index (χ4n) is 3.32. The SMILES string of the molecule is COC1C(n2cc(-c3nc(Cl)cs3)nn2)[C@@H](O)C(CO)O[C@@H]1Sc1cc(Cl)cnc1C#N. The van der Waals surface area contributed by atoms with Gasteiger partial charge in [-0.05, 0) is 6.07 Å². The summed E-state index contributed by atoms with van der Waals surface area (Å²) in [5.41, 5.74) is -0.0735. The Balaban J connectivity index is 1.68. The number of halogens is 2. The van der Waals surface area contributed by atoms with Crippen LogP contribution in [-0.4, -0.2) is 72.6 Å². The lowest BCUT2D eigenvalue weighted by molar-refractivity contribution is -0.186. The zero-order chi connectivity index (χ0) is 22.8. The summed E-state index contributed by atoms with van der Waals surface area (Å²) in [5.74, 6) is 0. The molecule has 3 unspecified atom stereocenters. The van der Waals surface area contributed by atoms with Gasteiger partial charge in [0.15, 0.2) is 5.69 Å². The summed E-state index contributed by atoms with van der Waals surface area (Å²) >= 11 is 14.4. The van der Waals surface area contributed by atoms with Gasteiger partial charge >= 0.3 is 0 Å². The minimum Gasteiger partial charge on any atom is -0.394 e. The number of hydrogen-bond donors (Lipinski definition) is 2. The average molecular weight is 515 g/mol. The first-order valence-electron chi connectivity index (χ1n) is 9.17. The van der Waals surface area contributed by atoms with E-state index < -0.39 is 36.4 Å². The normalized spacial score (nSPS) is 25.6. The summed E-state index contributed by atoms with van der Waals surface area (Å²) in [6.07, 6.45) is 0.202. The van der Waals surface area contributed by atoms with Gasteiger partial charge in [0.05, 0.1) is 17.8 Å². The van der Waals surface area contributed by atoms with Gasteiger partial charge in [-0.15, -0.1) is 16.4 Å². The fourth-order valence-corrected chi connectivity index (χ4v) is 5.70. The number of aliphatic hydroxyl groups is 2. The van der Waals surface area contributed by atoms with Crippen LogP contribution in [0.4, 0.5) is 0 Å². The predicted octanol–water partition coefficient (Wildman–Crippen LogP) is 2.40. The molecule has 4 rings (SSSR count). The van der Waals surface area contributed by atoms with E-state index in [4.69, 9.17) is 32.7 Å². The molecule has 4 heterocycles. The van der Waals surface area contributed by atoms with Crippen molar-refractivity contribution in [3.05, 3.63) is 39.7 Å². The molecule has 0 radical (unpaired) electrons. The second kappa shape index (κ2) is 9.98. The molecule has 0 aliphatic carbocycles. The molecule has 168 valence electrons. The largest absolute Gasteiger partial charge is 0.394 e. The van der Waals surface area contributed by atoms with Crippen LogP contribution in [0.2, 0.25) is 10.2 Å². The smallest absolute Gasteiger partial charge is 0.154 e. The Morgan fingerprint density at radius 1 is 1.44 bits per heavy atom. The molecule has 1 aliphatic heterocycles. The molecule has 1 aliphatic rings. The van der Waals surface area contributed by atoms with Crippen LogP contribution in [0.25, 0.3) is 10.7 Å². The zero-order valence-corrected chi connectivity index (χ0v) is 19.5. The van der Waals surface area contributed by atoms with E-state index in [2.05, 4.69) is 20.3 Å². The second-order valence-electron chi connectivity index (χ2n) is 6.70. The molecule has 5 atom stereocenters. The third-order valence-corrected chi connectivity index (χ3v) is 7.35. The van der Waals surface area contributed by atoms with Crippen molar-refractivity contribution in [1.29, 1.82) is 5.26 Å². The van der Waals surface area contributed by atoms with E-state index >= 15 is 0 Å². The number of thiazole rings is 1. The molecule has 3 aromatic rings.